The third-order valence-electron chi connectivity index (χ3n) is 7.81. The van der Waals surface area contributed by atoms with Gasteiger partial charge in [0.05, 0.1) is 0 Å². The lowest BCUT2D eigenvalue weighted by Crippen LogP contribution is -2.28. The smallest absolute Gasteiger partial charge is 0.339 e. The van der Waals surface area contributed by atoms with E-state index in [1.165, 1.54) is 48.5 Å². The third-order valence-corrected chi connectivity index (χ3v) is 10.3. The van der Waals surface area contributed by atoms with Crippen LogP contribution in [0.3, 0.4) is 0 Å². The summed E-state index contributed by atoms with van der Waals surface area (Å²) in [5.41, 5.74) is 3.76. The van der Waals surface area contributed by atoms with Gasteiger partial charge in [0, 0.05) is 36.6 Å². The number of benzene rings is 6. The molecule has 14 heteroatoms. The number of amides is 4. The number of hydrogen-bond acceptors (Lipinski definition) is 8. The monoisotopic (exact) mass is 762 g/mol. The highest BCUT2D eigenvalue weighted by atomic mass is 32.2. The van der Waals surface area contributed by atoms with Crippen LogP contribution in [0.4, 0.5) is 21.0 Å². The van der Waals surface area contributed by atoms with Gasteiger partial charge < -0.3 is 29.6 Å². The Morgan fingerprint density at radius 2 is 0.815 bits per heavy atom. The Balaban J connectivity index is 1.03. The van der Waals surface area contributed by atoms with Gasteiger partial charge in [0.15, 0.2) is 0 Å². The minimum absolute atomic E-state index is 0.00581. The molecule has 0 saturated heterocycles. The van der Waals surface area contributed by atoms with E-state index in [0.29, 0.717) is 35.6 Å². The number of carbonyl (C=O) groups is 2. The number of hydrogen-bond donors (Lipinski definition) is 4. The summed E-state index contributed by atoms with van der Waals surface area (Å²) in [5, 5.41) is 10.8. The lowest BCUT2D eigenvalue weighted by atomic mass is 10.1. The molecular weight excluding hydrogens is 729 g/mol. The Hall–Kier alpha value is -6.64. The summed E-state index contributed by atoms with van der Waals surface area (Å²) in [6, 6.07) is 41.6. The molecule has 0 aliphatic heterocycles. The number of carbonyl (C=O) groups excluding carboxylic acids is 2. The zero-order chi connectivity index (χ0) is 38.0. The maximum atomic E-state index is 13.1. The molecule has 0 heterocycles. The average molecular weight is 763 g/mol. The van der Waals surface area contributed by atoms with Gasteiger partial charge in [-0.1, -0.05) is 97.1 Å². The van der Waals surface area contributed by atoms with Gasteiger partial charge in [-0.3, -0.25) is 0 Å². The fourth-order valence-electron chi connectivity index (χ4n) is 5.14. The standard InChI is InChI=1S/C40H34N4O8S2/c45-39(41-27-29-9-3-1-4-10-29)43-33-13-7-15-35(25-33)51-53(47,48)37-21-17-31(18-22-37)32-19-23-38(24-20-32)54(49,50)52-36-16-8-14-34(26-36)44-40(46)42-28-30-11-5-2-6-12-30/h1-26H,27-28H2,(H2,41,43,45)(H2,42,44,46). The number of anilines is 2. The molecule has 0 saturated carbocycles. The quantitative estimate of drug-likeness (QED) is 0.0876. The SMILES string of the molecule is O=C(NCc1ccccc1)Nc1cccc(OS(=O)(=O)c2ccc(-c3ccc(S(=O)(=O)Oc4cccc(NC(=O)NCc5ccccc5)c4)cc3)cc2)c1. The molecule has 0 bridgehead atoms. The molecule has 0 aliphatic carbocycles. The van der Waals surface area contributed by atoms with Crippen LogP contribution in [-0.4, -0.2) is 28.9 Å². The van der Waals surface area contributed by atoms with Crippen LogP contribution in [-0.2, 0) is 33.3 Å². The van der Waals surface area contributed by atoms with Crippen LogP contribution in [0.1, 0.15) is 11.1 Å². The Morgan fingerprint density at radius 1 is 0.444 bits per heavy atom. The summed E-state index contributed by atoms with van der Waals surface area (Å²) in [7, 11) is -8.47. The molecule has 12 nitrogen and oxygen atoms in total. The van der Waals surface area contributed by atoms with Crippen LogP contribution in [0, 0.1) is 0 Å². The molecular formula is C40H34N4O8S2. The zero-order valence-electron chi connectivity index (χ0n) is 28.5. The van der Waals surface area contributed by atoms with Crippen molar-refractivity contribution < 1.29 is 34.8 Å². The van der Waals surface area contributed by atoms with Gasteiger partial charge in [0.25, 0.3) is 0 Å². The van der Waals surface area contributed by atoms with E-state index in [9.17, 15) is 26.4 Å². The summed E-state index contributed by atoms with van der Waals surface area (Å²) >= 11 is 0. The van der Waals surface area contributed by atoms with Crippen molar-refractivity contribution in [2.24, 2.45) is 0 Å². The van der Waals surface area contributed by atoms with Crippen molar-refractivity contribution in [3.8, 4) is 22.6 Å². The van der Waals surface area contributed by atoms with E-state index in [0.717, 1.165) is 11.1 Å². The Labute approximate surface area is 313 Å². The van der Waals surface area contributed by atoms with Crippen molar-refractivity contribution in [1.82, 2.24) is 10.6 Å². The Bertz CT molecular complexity index is 2270. The number of urea groups is 2. The second kappa shape index (κ2) is 16.8. The van der Waals surface area contributed by atoms with Crippen LogP contribution >= 0.6 is 0 Å². The molecule has 274 valence electrons. The molecule has 54 heavy (non-hydrogen) atoms. The van der Waals surface area contributed by atoms with Crippen LogP contribution in [0.2, 0.25) is 0 Å². The highest BCUT2D eigenvalue weighted by molar-refractivity contribution is 7.87. The first-order valence-electron chi connectivity index (χ1n) is 16.5. The fraction of sp³-hybridized carbons (Fsp3) is 0.0500. The maximum absolute atomic E-state index is 13.1. The van der Waals surface area contributed by atoms with Gasteiger partial charge in [-0.15, -0.1) is 0 Å². The van der Waals surface area contributed by atoms with Crippen molar-refractivity contribution in [1.29, 1.82) is 0 Å². The van der Waals surface area contributed by atoms with Gasteiger partial charge in [0.2, 0.25) is 0 Å². The van der Waals surface area contributed by atoms with Crippen LogP contribution in [0.15, 0.2) is 168 Å². The van der Waals surface area contributed by atoms with Crippen LogP contribution in [0.25, 0.3) is 11.1 Å². The molecule has 0 spiro atoms. The van der Waals surface area contributed by atoms with Gasteiger partial charge >= 0.3 is 32.3 Å². The highest BCUT2D eigenvalue weighted by Gasteiger charge is 2.19. The van der Waals surface area contributed by atoms with E-state index in [1.807, 2.05) is 60.7 Å². The first kappa shape index (κ1) is 37.1. The molecule has 0 fully saturated rings. The van der Waals surface area contributed by atoms with E-state index in [-0.39, 0.29) is 21.3 Å². The molecule has 4 amide bonds. The largest absolute Gasteiger partial charge is 0.379 e. The minimum Gasteiger partial charge on any atom is -0.379 e. The lowest BCUT2D eigenvalue weighted by molar-refractivity contribution is 0.251. The molecule has 0 radical (unpaired) electrons. The summed E-state index contributed by atoms with van der Waals surface area (Å²) in [5.74, 6) is 0.0116. The van der Waals surface area contributed by atoms with E-state index >= 15 is 0 Å². The van der Waals surface area contributed by atoms with E-state index in [1.54, 1.807) is 48.5 Å². The van der Waals surface area contributed by atoms with E-state index < -0.39 is 32.3 Å². The molecule has 0 atom stereocenters. The maximum Gasteiger partial charge on any atom is 0.339 e. The lowest BCUT2D eigenvalue weighted by Gasteiger charge is -2.11. The van der Waals surface area contributed by atoms with E-state index in [4.69, 9.17) is 8.37 Å². The Kier molecular flexibility index (Phi) is 11.5. The topological polar surface area (TPSA) is 169 Å². The number of rotatable bonds is 13. The summed E-state index contributed by atoms with van der Waals surface area (Å²) < 4.78 is 63.0. The fourth-order valence-corrected chi connectivity index (χ4v) is 6.98. The van der Waals surface area contributed by atoms with Gasteiger partial charge in [-0.2, -0.15) is 16.8 Å². The predicted molar refractivity (Wildman–Crippen MR) is 205 cm³/mol. The zero-order valence-corrected chi connectivity index (χ0v) is 30.1. The number of nitrogens with one attached hydrogen (secondary N) is 4. The van der Waals surface area contributed by atoms with Gasteiger partial charge in [-0.25, -0.2) is 9.59 Å². The molecule has 4 N–H and O–H groups in total. The first-order chi connectivity index (χ1) is 26.0. The van der Waals surface area contributed by atoms with Crippen LogP contribution in [0.5, 0.6) is 11.5 Å². The minimum atomic E-state index is -4.24. The first-order valence-corrected chi connectivity index (χ1v) is 19.3. The molecule has 6 aromatic rings. The van der Waals surface area contributed by atoms with Gasteiger partial charge in [0.1, 0.15) is 21.3 Å². The predicted octanol–water partition coefficient (Wildman–Crippen LogP) is 7.53. The van der Waals surface area contributed by atoms with Crippen molar-refractivity contribution in [2.75, 3.05) is 10.6 Å². The molecule has 6 rings (SSSR count). The summed E-state index contributed by atoms with van der Waals surface area (Å²) in [6.07, 6.45) is 0. The summed E-state index contributed by atoms with van der Waals surface area (Å²) in [4.78, 5) is 24.5. The van der Waals surface area contributed by atoms with E-state index in [2.05, 4.69) is 21.3 Å². The molecule has 0 aromatic heterocycles. The van der Waals surface area contributed by atoms with Crippen molar-refractivity contribution in [2.45, 2.75) is 22.9 Å². The highest BCUT2D eigenvalue weighted by Crippen LogP contribution is 2.27. The Morgan fingerprint density at radius 3 is 1.19 bits per heavy atom. The van der Waals surface area contributed by atoms with Crippen molar-refractivity contribution >= 4 is 43.7 Å². The second-order valence-corrected chi connectivity index (χ2v) is 14.9. The van der Waals surface area contributed by atoms with Crippen molar-refractivity contribution in [3.05, 3.63) is 169 Å². The average Bonchev–Trinajstić information content (AvgIpc) is 3.17. The third kappa shape index (κ3) is 10.2. The molecule has 0 aliphatic rings. The molecule has 0 unspecified atom stereocenters. The second-order valence-electron chi connectivity index (χ2n) is 11.8. The van der Waals surface area contributed by atoms with Crippen molar-refractivity contribution in [3.63, 3.8) is 0 Å². The van der Waals surface area contributed by atoms with Crippen LogP contribution < -0.4 is 29.6 Å². The normalized spacial score (nSPS) is 11.2. The molecule has 6 aromatic carbocycles. The summed E-state index contributed by atoms with van der Waals surface area (Å²) in [6.45, 7) is 0.635. The van der Waals surface area contributed by atoms with Gasteiger partial charge in [-0.05, 0) is 70.8 Å².